The molecule has 9 heteroatoms. The molecule has 252 valence electrons. The van der Waals surface area contributed by atoms with E-state index in [1.165, 1.54) is 6.42 Å². The lowest BCUT2D eigenvalue weighted by atomic mass is 9.45. The number of hydrogen-bond acceptors (Lipinski definition) is 7. The number of aliphatic hydroxyl groups is 2. The average Bonchev–Trinajstić information content (AvgIpc) is 3.42. The van der Waals surface area contributed by atoms with Crippen molar-refractivity contribution in [3.05, 3.63) is 59.7 Å². The monoisotopic (exact) mass is 634 g/mol. The fourth-order valence-corrected chi connectivity index (χ4v) is 8.32. The molecule has 0 aromatic heterocycles. The van der Waals surface area contributed by atoms with Crippen molar-refractivity contribution in [1.82, 2.24) is 20.6 Å². The van der Waals surface area contributed by atoms with E-state index in [9.17, 15) is 19.8 Å². The Balaban J connectivity index is 1.30. The molecule has 0 spiro atoms. The third-order valence-electron chi connectivity index (χ3n) is 11.4. The van der Waals surface area contributed by atoms with Gasteiger partial charge in [-0.2, -0.15) is 5.06 Å². The summed E-state index contributed by atoms with van der Waals surface area (Å²) in [7, 11) is 0. The molecule has 9 nitrogen and oxygen atoms in total. The molecule has 4 fully saturated rings. The fraction of sp³-hybridized carbons (Fsp3) is 0.622. The van der Waals surface area contributed by atoms with Gasteiger partial charge in [0.25, 0.3) is 5.91 Å². The Bertz CT molecular complexity index is 1360. The average molecular weight is 635 g/mol. The molecule has 4 aliphatic rings. The molecule has 2 amide bonds. The third kappa shape index (κ3) is 7.04. The minimum atomic E-state index is -0.846. The summed E-state index contributed by atoms with van der Waals surface area (Å²) in [4.78, 5) is 35.3. The number of aliphatic hydroxyl groups excluding tert-OH is 2. The van der Waals surface area contributed by atoms with Crippen LogP contribution in [0.4, 0.5) is 0 Å². The van der Waals surface area contributed by atoms with Gasteiger partial charge >= 0.3 is 0 Å². The molecule has 2 aromatic carbocycles. The lowest BCUT2D eigenvalue weighted by molar-refractivity contribution is -0.183. The van der Waals surface area contributed by atoms with Crippen molar-refractivity contribution in [2.24, 2.45) is 29.1 Å². The number of nitrogens with one attached hydrogen (secondary N) is 2. The molecule has 0 radical (unpaired) electrons. The summed E-state index contributed by atoms with van der Waals surface area (Å²) < 4.78 is 0. The fourth-order valence-electron chi connectivity index (χ4n) is 8.32. The molecule has 1 heterocycles. The van der Waals surface area contributed by atoms with Crippen molar-refractivity contribution in [3.63, 3.8) is 0 Å². The van der Waals surface area contributed by atoms with E-state index in [0.29, 0.717) is 41.8 Å². The maximum Gasteiger partial charge on any atom is 0.251 e. The molecule has 1 saturated heterocycles. The van der Waals surface area contributed by atoms with Gasteiger partial charge in [-0.15, -0.1) is 0 Å². The van der Waals surface area contributed by atoms with Crippen LogP contribution in [0, 0.1) is 29.1 Å². The van der Waals surface area contributed by atoms with Gasteiger partial charge in [-0.05, 0) is 90.9 Å². The van der Waals surface area contributed by atoms with Gasteiger partial charge in [0.15, 0.2) is 0 Å². The SMILES string of the molecule is CCN(CC)CCNC(=O)c1cccc(-c2cccc(CN3O[C@@H](CO)[C@@H]([C@H](C)O)[C@H]3C(=O)N[C@H]3C[C@H]4C[C@@H]([C@@H]3C)C4(C)C)c2)c1. The molecule has 3 saturated carbocycles. The Morgan fingerprint density at radius 2 is 1.78 bits per heavy atom. The van der Waals surface area contributed by atoms with Gasteiger partial charge in [0.1, 0.15) is 12.1 Å². The van der Waals surface area contributed by atoms with Gasteiger partial charge in [-0.3, -0.25) is 14.4 Å². The van der Waals surface area contributed by atoms with Crippen molar-refractivity contribution < 1.29 is 24.6 Å². The van der Waals surface area contributed by atoms with Crippen LogP contribution >= 0.6 is 0 Å². The first kappa shape index (κ1) is 34.5. The van der Waals surface area contributed by atoms with Crippen molar-refractivity contribution in [2.45, 2.75) is 85.2 Å². The number of carbonyl (C=O) groups is 2. The second-order valence-electron chi connectivity index (χ2n) is 14.3. The van der Waals surface area contributed by atoms with E-state index in [2.05, 4.69) is 50.2 Å². The Morgan fingerprint density at radius 1 is 1.09 bits per heavy atom. The number of hydrogen-bond donors (Lipinski definition) is 4. The smallest absolute Gasteiger partial charge is 0.251 e. The topological polar surface area (TPSA) is 114 Å². The van der Waals surface area contributed by atoms with Gasteiger partial charge < -0.3 is 25.7 Å². The first-order valence-electron chi connectivity index (χ1n) is 17.2. The summed E-state index contributed by atoms with van der Waals surface area (Å²) in [6.07, 6.45) is 0.651. The predicted molar refractivity (Wildman–Crippen MR) is 180 cm³/mol. The number of benzene rings is 2. The Labute approximate surface area is 274 Å². The van der Waals surface area contributed by atoms with Crippen LogP contribution in [0.2, 0.25) is 0 Å². The Kier molecular flexibility index (Phi) is 10.9. The van der Waals surface area contributed by atoms with E-state index in [-0.39, 0.29) is 24.5 Å². The van der Waals surface area contributed by atoms with E-state index in [4.69, 9.17) is 4.84 Å². The standard InChI is InChI=1S/C37H54N4O5/c1-7-40(8-2)16-15-38-35(44)28-14-10-13-27(18-28)26-12-9-11-25(17-26)21-41-34(33(24(4)43)32(22-42)46-41)36(45)39-31-20-29-19-30(23(31)3)37(29,5)6/h9-14,17-18,23-24,29-34,42-43H,7-8,15-16,19-22H2,1-6H3,(H,38,44)(H,39,45)/t23-,24-,29+,30-,31-,32-,33+,34-/m0/s1. The number of hydroxylamine groups is 2. The minimum absolute atomic E-state index is 0.0824. The molecule has 2 aromatic rings. The van der Waals surface area contributed by atoms with Crippen LogP contribution in [0.5, 0.6) is 0 Å². The van der Waals surface area contributed by atoms with E-state index >= 15 is 0 Å². The number of amides is 2. The van der Waals surface area contributed by atoms with Crippen LogP contribution in [-0.4, -0.2) is 89.1 Å². The molecule has 0 unspecified atom stereocenters. The quantitative estimate of drug-likeness (QED) is 0.263. The van der Waals surface area contributed by atoms with Crippen molar-refractivity contribution in [2.75, 3.05) is 32.8 Å². The summed E-state index contributed by atoms with van der Waals surface area (Å²) in [5, 5.41) is 29.0. The summed E-state index contributed by atoms with van der Waals surface area (Å²) in [5.41, 5.74) is 3.69. The number of carbonyl (C=O) groups excluding carboxylic acids is 2. The lowest BCUT2D eigenvalue weighted by Gasteiger charge is -2.62. The first-order chi connectivity index (χ1) is 22.0. The molecule has 8 atom stereocenters. The van der Waals surface area contributed by atoms with E-state index in [1.54, 1.807) is 12.0 Å². The highest BCUT2D eigenvalue weighted by atomic mass is 16.7. The van der Waals surface area contributed by atoms with Gasteiger partial charge in [0.2, 0.25) is 5.91 Å². The van der Waals surface area contributed by atoms with E-state index < -0.39 is 24.2 Å². The number of likely N-dealkylation sites (N-methyl/N-ethyl adjacent to an activating group) is 1. The molecule has 3 aliphatic carbocycles. The van der Waals surface area contributed by atoms with E-state index in [0.717, 1.165) is 42.7 Å². The molecule has 1 aliphatic heterocycles. The van der Waals surface area contributed by atoms with Crippen molar-refractivity contribution in [1.29, 1.82) is 0 Å². The highest BCUT2D eigenvalue weighted by molar-refractivity contribution is 5.95. The predicted octanol–water partition coefficient (Wildman–Crippen LogP) is 4.09. The molecule has 46 heavy (non-hydrogen) atoms. The Hall–Kier alpha value is -2.82. The molecule has 4 N–H and O–H groups in total. The first-order valence-corrected chi connectivity index (χ1v) is 17.2. The third-order valence-corrected chi connectivity index (χ3v) is 11.4. The van der Waals surface area contributed by atoms with Gasteiger partial charge in [-0.1, -0.05) is 65.0 Å². The van der Waals surface area contributed by atoms with Crippen molar-refractivity contribution in [3.8, 4) is 11.1 Å². The van der Waals surface area contributed by atoms with Crippen LogP contribution in [0.15, 0.2) is 48.5 Å². The number of nitrogens with zero attached hydrogens (tertiary/aromatic N) is 2. The zero-order chi connectivity index (χ0) is 33.2. The maximum atomic E-state index is 14.0. The summed E-state index contributed by atoms with van der Waals surface area (Å²) in [6.45, 7) is 16.1. The zero-order valence-corrected chi connectivity index (χ0v) is 28.4. The number of fused-ring (bicyclic) bond motifs is 2. The minimum Gasteiger partial charge on any atom is -0.394 e. The molecular formula is C37H54N4O5. The molecule has 6 rings (SSSR count). The van der Waals surface area contributed by atoms with Crippen LogP contribution in [0.3, 0.4) is 0 Å². The zero-order valence-electron chi connectivity index (χ0n) is 28.4. The Morgan fingerprint density at radius 3 is 2.41 bits per heavy atom. The molecule has 2 bridgehead atoms. The summed E-state index contributed by atoms with van der Waals surface area (Å²) in [6, 6.07) is 14.9. The van der Waals surface area contributed by atoms with Gasteiger partial charge in [0.05, 0.1) is 19.3 Å². The van der Waals surface area contributed by atoms with E-state index in [1.807, 2.05) is 48.5 Å². The van der Waals surface area contributed by atoms with Crippen molar-refractivity contribution >= 4 is 11.8 Å². The van der Waals surface area contributed by atoms with Gasteiger partial charge in [-0.25, -0.2) is 0 Å². The highest BCUT2D eigenvalue weighted by Crippen LogP contribution is 2.61. The lowest BCUT2D eigenvalue weighted by Crippen LogP contribution is -2.62. The van der Waals surface area contributed by atoms with Crippen LogP contribution in [0.25, 0.3) is 11.1 Å². The summed E-state index contributed by atoms with van der Waals surface area (Å²) >= 11 is 0. The highest BCUT2D eigenvalue weighted by Gasteiger charge is 2.57. The van der Waals surface area contributed by atoms with Crippen LogP contribution in [0.1, 0.15) is 70.3 Å². The van der Waals surface area contributed by atoms with Crippen LogP contribution < -0.4 is 10.6 Å². The van der Waals surface area contributed by atoms with Crippen LogP contribution in [-0.2, 0) is 16.2 Å². The van der Waals surface area contributed by atoms with Gasteiger partial charge in [0, 0.05) is 30.6 Å². The molecular weight excluding hydrogens is 580 g/mol. The second-order valence-corrected chi connectivity index (χ2v) is 14.3. The second kappa shape index (κ2) is 14.5. The normalized spacial score (nSPS) is 29.3. The summed E-state index contributed by atoms with van der Waals surface area (Å²) in [5.74, 6) is 0.730. The number of rotatable bonds is 13. The maximum absolute atomic E-state index is 14.0. The largest absolute Gasteiger partial charge is 0.394 e.